The van der Waals surface area contributed by atoms with Crippen LogP contribution in [0.25, 0.3) is 0 Å². The molecule has 0 aromatic heterocycles. The fourth-order valence-corrected chi connectivity index (χ4v) is 3.02. The fraction of sp³-hybridized carbons (Fsp3) is 0.235. The van der Waals surface area contributed by atoms with Gasteiger partial charge in [-0.25, -0.2) is 4.39 Å². The van der Waals surface area contributed by atoms with Crippen LogP contribution in [0.2, 0.25) is 0 Å². The molecule has 1 aliphatic carbocycles. The average Bonchev–Trinajstić information content (AvgIpc) is 2.52. The van der Waals surface area contributed by atoms with Crippen molar-refractivity contribution in [2.24, 2.45) is 0 Å². The van der Waals surface area contributed by atoms with Gasteiger partial charge in [-0.2, -0.15) is 0 Å². The molecule has 2 aromatic carbocycles. The Bertz CT molecular complexity index is 701. The summed E-state index contributed by atoms with van der Waals surface area (Å²) in [6.45, 7) is 0.345. The molecule has 22 heavy (non-hydrogen) atoms. The Morgan fingerprint density at radius 3 is 2.55 bits per heavy atom. The summed E-state index contributed by atoms with van der Waals surface area (Å²) in [4.78, 5) is 11.5. The molecule has 1 fully saturated rings. The molecule has 5 heteroatoms. The van der Waals surface area contributed by atoms with Crippen molar-refractivity contribution < 1.29 is 13.9 Å². The minimum Gasteiger partial charge on any atom is -0.489 e. The number of hydrogen-bond acceptors (Lipinski definition) is 2. The Morgan fingerprint density at radius 1 is 1.18 bits per heavy atom. The van der Waals surface area contributed by atoms with Crippen LogP contribution in [0, 0.1) is 5.82 Å². The molecule has 0 spiro atoms. The summed E-state index contributed by atoms with van der Waals surface area (Å²) < 4.78 is 17.8. The normalized spacial score (nSPS) is 19.6. The van der Waals surface area contributed by atoms with Gasteiger partial charge in [0.1, 0.15) is 18.2 Å². The van der Waals surface area contributed by atoms with E-state index in [1.807, 2.05) is 30.3 Å². The molecule has 1 saturated carbocycles. The smallest absolute Gasteiger partial charge is 0.183 e. The van der Waals surface area contributed by atoms with E-state index in [0.717, 1.165) is 5.56 Å². The Kier molecular flexibility index (Phi) is 4.11. The summed E-state index contributed by atoms with van der Waals surface area (Å²) in [5.74, 6) is -0.622. The van der Waals surface area contributed by atoms with Gasteiger partial charge in [-0.15, -0.1) is 0 Å². The zero-order valence-corrected chi connectivity index (χ0v) is 13.1. The van der Waals surface area contributed by atoms with Gasteiger partial charge >= 0.3 is 0 Å². The third-order valence-electron chi connectivity index (χ3n) is 3.78. The molecule has 0 saturated heterocycles. The number of halogens is 3. The number of ketones is 1. The van der Waals surface area contributed by atoms with Crippen LogP contribution in [0.1, 0.15) is 23.5 Å². The number of alkyl halides is 2. The van der Waals surface area contributed by atoms with Gasteiger partial charge in [0.05, 0.1) is 0 Å². The predicted molar refractivity (Wildman–Crippen MR) is 84.0 cm³/mol. The highest BCUT2D eigenvalue weighted by atomic mass is 35.5. The molecule has 0 radical (unpaired) electrons. The first-order valence-corrected chi connectivity index (χ1v) is 7.61. The Balaban J connectivity index is 1.84. The van der Waals surface area contributed by atoms with Crippen molar-refractivity contribution in [3.05, 3.63) is 65.5 Å². The fourth-order valence-electron chi connectivity index (χ4n) is 2.48. The SMILES string of the molecule is O=C1C[C@@H](c2cc(F)ccc2OCc2ccccc2)C1(Cl)Cl. The highest BCUT2D eigenvalue weighted by Crippen LogP contribution is 2.52. The quantitative estimate of drug-likeness (QED) is 0.759. The van der Waals surface area contributed by atoms with E-state index in [0.29, 0.717) is 17.9 Å². The standard InChI is InChI=1S/C17H13Cl2FO2/c18-17(19)14(9-16(17)21)13-8-12(20)6-7-15(13)22-10-11-4-2-1-3-5-11/h1-8,14H,9-10H2/t14-/m0/s1. The van der Waals surface area contributed by atoms with Gasteiger partial charge in [-0.05, 0) is 23.8 Å². The van der Waals surface area contributed by atoms with Gasteiger partial charge in [0, 0.05) is 17.9 Å². The number of Topliss-reactive ketones (excluding diaryl/α,β-unsaturated/α-hetero) is 1. The lowest BCUT2D eigenvalue weighted by Gasteiger charge is -2.38. The summed E-state index contributed by atoms with van der Waals surface area (Å²) in [7, 11) is 0. The Morgan fingerprint density at radius 2 is 1.91 bits per heavy atom. The van der Waals surface area contributed by atoms with Crippen molar-refractivity contribution >= 4 is 29.0 Å². The lowest BCUT2D eigenvalue weighted by Crippen LogP contribution is -2.45. The molecule has 3 rings (SSSR count). The van der Waals surface area contributed by atoms with Gasteiger partial charge < -0.3 is 4.74 Å². The van der Waals surface area contributed by atoms with Crippen molar-refractivity contribution in [2.75, 3.05) is 0 Å². The van der Waals surface area contributed by atoms with Crippen LogP contribution in [-0.4, -0.2) is 10.1 Å². The zero-order chi connectivity index (χ0) is 15.7. The van der Waals surface area contributed by atoms with Crippen LogP contribution in [0.15, 0.2) is 48.5 Å². The van der Waals surface area contributed by atoms with Crippen molar-refractivity contribution in [1.82, 2.24) is 0 Å². The first-order valence-electron chi connectivity index (χ1n) is 6.86. The highest BCUT2D eigenvalue weighted by Gasteiger charge is 2.54. The van der Waals surface area contributed by atoms with E-state index >= 15 is 0 Å². The minimum absolute atomic E-state index is 0.193. The van der Waals surface area contributed by atoms with Crippen LogP contribution in [-0.2, 0) is 11.4 Å². The molecule has 0 aliphatic heterocycles. The van der Waals surface area contributed by atoms with E-state index in [1.165, 1.54) is 12.1 Å². The van der Waals surface area contributed by atoms with Crippen molar-refractivity contribution in [3.8, 4) is 5.75 Å². The number of hydrogen-bond donors (Lipinski definition) is 0. The first kappa shape index (κ1) is 15.3. The molecule has 0 unspecified atom stereocenters. The van der Waals surface area contributed by atoms with E-state index in [-0.39, 0.29) is 12.2 Å². The number of carbonyl (C=O) groups excluding carboxylic acids is 1. The van der Waals surface area contributed by atoms with E-state index < -0.39 is 16.1 Å². The second kappa shape index (κ2) is 5.90. The highest BCUT2D eigenvalue weighted by molar-refractivity contribution is 6.61. The lowest BCUT2D eigenvalue weighted by atomic mass is 9.77. The summed E-state index contributed by atoms with van der Waals surface area (Å²) in [5, 5.41) is 0. The maximum atomic E-state index is 13.6. The summed E-state index contributed by atoms with van der Waals surface area (Å²) >= 11 is 12.1. The third-order valence-corrected chi connectivity index (χ3v) is 4.73. The molecular formula is C17H13Cl2FO2. The summed E-state index contributed by atoms with van der Waals surface area (Å²) in [5.41, 5.74) is 1.52. The predicted octanol–water partition coefficient (Wildman–Crippen LogP) is 4.64. The van der Waals surface area contributed by atoms with Gasteiger partial charge in [-0.3, -0.25) is 4.79 Å². The Labute approximate surface area is 137 Å². The minimum atomic E-state index is -1.50. The van der Waals surface area contributed by atoms with Crippen LogP contribution in [0.4, 0.5) is 4.39 Å². The van der Waals surface area contributed by atoms with Crippen molar-refractivity contribution in [1.29, 1.82) is 0 Å². The average molecular weight is 339 g/mol. The van der Waals surface area contributed by atoms with Gasteiger partial charge in [-0.1, -0.05) is 53.5 Å². The van der Waals surface area contributed by atoms with Crippen molar-refractivity contribution in [3.63, 3.8) is 0 Å². The van der Waals surface area contributed by atoms with E-state index in [4.69, 9.17) is 27.9 Å². The van der Waals surface area contributed by atoms with E-state index in [2.05, 4.69) is 0 Å². The molecule has 1 aliphatic rings. The zero-order valence-electron chi connectivity index (χ0n) is 11.6. The second-order valence-electron chi connectivity index (χ2n) is 5.26. The van der Waals surface area contributed by atoms with E-state index in [9.17, 15) is 9.18 Å². The molecule has 0 amide bonds. The van der Waals surface area contributed by atoms with Gasteiger partial charge in [0.15, 0.2) is 10.1 Å². The number of rotatable bonds is 4. The monoisotopic (exact) mass is 338 g/mol. The van der Waals surface area contributed by atoms with Crippen LogP contribution < -0.4 is 4.74 Å². The largest absolute Gasteiger partial charge is 0.489 e. The molecule has 2 aromatic rings. The van der Waals surface area contributed by atoms with Crippen LogP contribution >= 0.6 is 23.2 Å². The lowest BCUT2D eigenvalue weighted by molar-refractivity contribution is -0.125. The number of carbonyl (C=O) groups is 1. The molecule has 0 N–H and O–H groups in total. The summed E-state index contributed by atoms with van der Waals surface area (Å²) in [6.07, 6.45) is 0.193. The van der Waals surface area contributed by atoms with Crippen molar-refractivity contribution in [2.45, 2.75) is 23.3 Å². The second-order valence-corrected chi connectivity index (χ2v) is 6.65. The molecule has 0 heterocycles. The first-order chi connectivity index (χ1) is 10.5. The Hall–Kier alpha value is -1.58. The molecule has 1 atom stereocenters. The number of benzene rings is 2. The van der Waals surface area contributed by atoms with Gasteiger partial charge in [0.2, 0.25) is 0 Å². The molecule has 0 bridgehead atoms. The van der Waals surface area contributed by atoms with E-state index in [1.54, 1.807) is 6.07 Å². The molecular weight excluding hydrogens is 326 g/mol. The van der Waals surface area contributed by atoms with Crippen LogP contribution in [0.5, 0.6) is 5.75 Å². The topological polar surface area (TPSA) is 26.3 Å². The summed E-state index contributed by atoms with van der Waals surface area (Å²) in [6, 6.07) is 13.8. The maximum absolute atomic E-state index is 13.6. The molecule has 114 valence electrons. The third kappa shape index (κ3) is 2.83. The maximum Gasteiger partial charge on any atom is 0.183 e. The van der Waals surface area contributed by atoms with Gasteiger partial charge in [0.25, 0.3) is 0 Å². The van der Waals surface area contributed by atoms with Crippen LogP contribution in [0.3, 0.4) is 0 Å². The number of ether oxygens (including phenoxy) is 1. The molecule has 2 nitrogen and oxygen atoms in total.